The summed E-state index contributed by atoms with van der Waals surface area (Å²) in [5.74, 6) is 0.0509. The molecule has 0 bridgehead atoms. The molecule has 0 amide bonds. The largest absolute Gasteiger partial charge is 0.292 e. The van der Waals surface area contributed by atoms with E-state index in [0.717, 1.165) is 5.71 Å². The van der Waals surface area contributed by atoms with Crippen molar-refractivity contribution in [2.75, 3.05) is 7.05 Å². The highest BCUT2D eigenvalue weighted by atomic mass is 16.1. The van der Waals surface area contributed by atoms with E-state index in [4.69, 9.17) is 0 Å². The smallest absolute Gasteiger partial charge is 0.187 e. The van der Waals surface area contributed by atoms with Crippen LogP contribution in [0.3, 0.4) is 0 Å². The molecule has 11 heavy (non-hydrogen) atoms. The predicted octanol–water partition coefficient (Wildman–Crippen LogP) is -0.176. The number of carbonyl (C=O) groups excluding carboxylic acids is 1. The Labute approximate surface area is 63.9 Å². The highest BCUT2D eigenvalue weighted by molar-refractivity contribution is 6.41. The van der Waals surface area contributed by atoms with Crippen LogP contribution in [0.4, 0.5) is 0 Å². The van der Waals surface area contributed by atoms with E-state index in [1.165, 1.54) is 12.3 Å². The van der Waals surface area contributed by atoms with Crippen LogP contribution in [0, 0.1) is 0 Å². The summed E-state index contributed by atoms with van der Waals surface area (Å²) in [7, 11) is 1.76. The SMILES string of the molecule is CN1N=CC2=NC=CC(=O)C21. The van der Waals surface area contributed by atoms with Crippen LogP contribution in [0.5, 0.6) is 0 Å². The third kappa shape index (κ3) is 0.790. The van der Waals surface area contributed by atoms with Gasteiger partial charge >= 0.3 is 0 Å². The Morgan fingerprint density at radius 1 is 1.64 bits per heavy atom. The number of rotatable bonds is 0. The lowest BCUT2D eigenvalue weighted by atomic mass is 10.1. The number of carbonyl (C=O) groups is 1. The van der Waals surface area contributed by atoms with Crippen molar-refractivity contribution in [1.29, 1.82) is 0 Å². The molecule has 56 valence electrons. The number of hydrazone groups is 1. The zero-order valence-electron chi connectivity index (χ0n) is 6.06. The van der Waals surface area contributed by atoms with Crippen LogP contribution >= 0.6 is 0 Å². The molecule has 0 aromatic carbocycles. The first-order valence-corrected chi connectivity index (χ1v) is 3.34. The van der Waals surface area contributed by atoms with Crippen LogP contribution in [0.1, 0.15) is 0 Å². The number of likely N-dealkylation sites (N-methyl/N-ethyl adjacent to an activating group) is 1. The van der Waals surface area contributed by atoms with Gasteiger partial charge in [-0.05, 0) is 0 Å². The van der Waals surface area contributed by atoms with Gasteiger partial charge in [0, 0.05) is 19.3 Å². The van der Waals surface area contributed by atoms with Crippen molar-refractivity contribution in [1.82, 2.24) is 5.01 Å². The number of nitrogens with zero attached hydrogens (tertiary/aromatic N) is 3. The highest BCUT2D eigenvalue weighted by Gasteiger charge is 2.30. The molecule has 0 aromatic rings. The van der Waals surface area contributed by atoms with Gasteiger partial charge in [0.15, 0.2) is 11.8 Å². The van der Waals surface area contributed by atoms with E-state index in [0.29, 0.717) is 0 Å². The molecule has 2 rings (SSSR count). The van der Waals surface area contributed by atoms with E-state index in [1.807, 2.05) is 0 Å². The normalized spacial score (nSPS) is 27.4. The van der Waals surface area contributed by atoms with Crippen LogP contribution in [0.25, 0.3) is 0 Å². The minimum Gasteiger partial charge on any atom is -0.292 e. The third-order valence-electron chi connectivity index (χ3n) is 1.76. The van der Waals surface area contributed by atoms with Crippen LogP contribution in [-0.2, 0) is 4.79 Å². The maximum atomic E-state index is 11.2. The first-order chi connectivity index (χ1) is 5.29. The number of ketones is 1. The maximum absolute atomic E-state index is 11.2. The van der Waals surface area contributed by atoms with Crippen molar-refractivity contribution in [2.45, 2.75) is 6.04 Å². The van der Waals surface area contributed by atoms with Crippen LogP contribution in [0.2, 0.25) is 0 Å². The molecule has 1 atom stereocenters. The number of fused-ring (bicyclic) bond motifs is 1. The fourth-order valence-electron chi connectivity index (χ4n) is 1.20. The minimum absolute atomic E-state index is 0.0509. The molecular formula is C7H7N3O. The molecule has 4 nitrogen and oxygen atoms in total. The lowest BCUT2D eigenvalue weighted by molar-refractivity contribution is -0.117. The third-order valence-corrected chi connectivity index (χ3v) is 1.76. The maximum Gasteiger partial charge on any atom is 0.187 e. The van der Waals surface area contributed by atoms with Gasteiger partial charge in [-0.15, -0.1) is 0 Å². The molecule has 0 spiro atoms. The van der Waals surface area contributed by atoms with Crippen molar-refractivity contribution in [3.63, 3.8) is 0 Å². The van der Waals surface area contributed by atoms with Gasteiger partial charge in [0.2, 0.25) is 0 Å². The predicted molar refractivity (Wildman–Crippen MR) is 41.6 cm³/mol. The topological polar surface area (TPSA) is 45.0 Å². The van der Waals surface area contributed by atoms with Crippen molar-refractivity contribution < 1.29 is 4.79 Å². The monoisotopic (exact) mass is 149 g/mol. The Balaban J connectivity index is 2.41. The van der Waals surface area contributed by atoms with Gasteiger partial charge in [-0.25, -0.2) is 0 Å². The number of hydrogen-bond acceptors (Lipinski definition) is 4. The summed E-state index contributed by atoms with van der Waals surface area (Å²) in [5, 5.41) is 5.56. The molecule has 0 aromatic heterocycles. The fraction of sp³-hybridized carbons (Fsp3) is 0.286. The summed E-state index contributed by atoms with van der Waals surface area (Å²) in [4.78, 5) is 15.2. The van der Waals surface area contributed by atoms with Crippen LogP contribution < -0.4 is 0 Å². The van der Waals surface area contributed by atoms with Crippen LogP contribution in [-0.4, -0.2) is 35.8 Å². The first-order valence-electron chi connectivity index (χ1n) is 3.34. The van der Waals surface area contributed by atoms with E-state index in [9.17, 15) is 4.79 Å². The van der Waals surface area contributed by atoms with Gasteiger partial charge in [-0.2, -0.15) is 5.10 Å². The van der Waals surface area contributed by atoms with Crippen molar-refractivity contribution >= 4 is 17.7 Å². The summed E-state index contributed by atoms with van der Waals surface area (Å²) in [6.07, 6.45) is 4.60. The van der Waals surface area contributed by atoms with Gasteiger partial charge < -0.3 is 0 Å². The molecule has 0 saturated heterocycles. The van der Waals surface area contributed by atoms with Crippen molar-refractivity contribution in [3.8, 4) is 0 Å². The van der Waals surface area contributed by atoms with Crippen molar-refractivity contribution in [2.24, 2.45) is 10.1 Å². The Bertz CT molecular complexity index is 290. The summed E-state index contributed by atoms with van der Waals surface area (Å²) >= 11 is 0. The molecule has 2 aliphatic heterocycles. The summed E-state index contributed by atoms with van der Waals surface area (Å²) < 4.78 is 0. The number of hydrogen-bond donors (Lipinski definition) is 0. The molecule has 0 fully saturated rings. The van der Waals surface area contributed by atoms with E-state index in [2.05, 4.69) is 10.1 Å². The highest BCUT2D eigenvalue weighted by Crippen LogP contribution is 2.11. The van der Waals surface area contributed by atoms with E-state index >= 15 is 0 Å². The second-order valence-corrected chi connectivity index (χ2v) is 2.49. The lowest BCUT2D eigenvalue weighted by Crippen LogP contribution is -2.38. The standard InChI is InChI=1S/C7H7N3O/c1-10-7-5(4-9-10)8-3-2-6(7)11/h2-4,7H,1H3. The van der Waals surface area contributed by atoms with Crippen molar-refractivity contribution in [3.05, 3.63) is 12.3 Å². The molecule has 4 heteroatoms. The summed E-state index contributed by atoms with van der Waals surface area (Å²) in [6.45, 7) is 0. The molecule has 2 aliphatic rings. The molecule has 0 aliphatic carbocycles. The van der Waals surface area contributed by atoms with Gasteiger partial charge in [0.1, 0.15) is 0 Å². The molecule has 1 unspecified atom stereocenters. The average Bonchev–Trinajstić information content (AvgIpc) is 2.34. The zero-order valence-corrected chi connectivity index (χ0v) is 6.06. The van der Waals surface area contributed by atoms with Gasteiger partial charge in [-0.1, -0.05) is 0 Å². The number of aliphatic imine (C=N–C) groups is 1. The molecular weight excluding hydrogens is 142 g/mol. The van der Waals surface area contributed by atoms with Crippen LogP contribution in [0.15, 0.2) is 22.4 Å². The Kier molecular flexibility index (Phi) is 1.15. The average molecular weight is 149 g/mol. The lowest BCUT2D eigenvalue weighted by Gasteiger charge is -2.17. The van der Waals surface area contributed by atoms with Gasteiger partial charge in [0.05, 0.1) is 11.9 Å². The summed E-state index contributed by atoms with van der Waals surface area (Å²) in [6, 6.07) is -0.264. The Hall–Kier alpha value is -1.45. The zero-order chi connectivity index (χ0) is 7.84. The quantitative estimate of drug-likeness (QED) is 0.479. The first kappa shape index (κ1) is 6.27. The molecule has 2 heterocycles. The summed E-state index contributed by atoms with van der Waals surface area (Å²) in [5.41, 5.74) is 0.736. The van der Waals surface area contributed by atoms with E-state index in [-0.39, 0.29) is 11.8 Å². The molecule has 0 saturated carbocycles. The second-order valence-electron chi connectivity index (χ2n) is 2.49. The minimum atomic E-state index is -0.264. The van der Waals surface area contributed by atoms with E-state index < -0.39 is 0 Å². The molecule has 0 radical (unpaired) electrons. The molecule has 0 N–H and O–H groups in total. The Morgan fingerprint density at radius 2 is 2.45 bits per heavy atom. The Morgan fingerprint density at radius 3 is 3.18 bits per heavy atom. The van der Waals surface area contributed by atoms with Gasteiger partial charge in [-0.3, -0.25) is 14.8 Å². The van der Waals surface area contributed by atoms with Gasteiger partial charge in [0.25, 0.3) is 0 Å². The second kappa shape index (κ2) is 2.02. The van der Waals surface area contributed by atoms with E-state index in [1.54, 1.807) is 18.3 Å². The fourth-order valence-corrected chi connectivity index (χ4v) is 1.20.